The van der Waals surface area contributed by atoms with Crippen LogP contribution in [0.1, 0.15) is 41.4 Å². The van der Waals surface area contributed by atoms with Gasteiger partial charge in [0.1, 0.15) is 0 Å². The fraction of sp³-hybridized carbons (Fsp3) is 0.0769. The highest BCUT2D eigenvalue weighted by Gasteiger charge is 2.36. The molecule has 2 heterocycles. The minimum Gasteiger partial charge on any atom is -0.277 e. The Kier molecular flexibility index (Phi) is 3.65. The number of halogens is 2. The summed E-state index contributed by atoms with van der Waals surface area (Å²) < 4.78 is 1.40. The number of rotatable bonds is 0. The van der Waals surface area contributed by atoms with E-state index in [1.807, 2.05) is 12.1 Å². The molecule has 0 saturated heterocycles. The Morgan fingerprint density at radius 2 is 0.882 bits per heavy atom. The van der Waals surface area contributed by atoms with Crippen molar-refractivity contribution >= 4 is 98.6 Å². The Morgan fingerprint density at radius 3 is 1.32 bits per heavy atom. The number of nitrogens with zero attached hydrogens (tertiary/aromatic N) is 2. The monoisotopic (exact) mass is 574 g/mol. The summed E-state index contributed by atoms with van der Waals surface area (Å²) in [4.78, 5) is 54.3. The topological polar surface area (TPSA) is 74.8 Å². The first-order valence-electron chi connectivity index (χ1n) is 10.5. The largest absolute Gasteiger partial charge is 0.277 e. The molecular formula is C26H12Br2N2O4. The Bertz CT molecular complexity index is 1770. The van der Waals surface area contributed by atoms with Gasteiger partial charge in [0.15, 0.2) is 0 Å². The van der Waals surface area contributed by atoms with Crippen molar-refractivity contribution < 1.29 is 19.2 Å². The summed E-state index contributed by atoms with van der Waals surface area (Å²) in [5, 5.41) is 6.21. The molecule has 5 aromatic rings. The van der Waals surface area contributed by atoms with Crippen LogP contribution in [0.15, 0.2) is 45.3 Å². The van der Waals surface area contributed by atoms with E-state index in [2.05, 4.69) is 31.9 Å². The lowest BCUT2D eigenvalue weighted by molar-refractivity contribution is 0.0635. The standard InChI is InChI=1S/C26H12Br2N2O4/c1-29-23(31)11-5-3-9-17-10(4-6-12(18(11)17)24(29)32)21-16(28)8-14-19-13(25(33)30(2)26(14)34)7-15(27)20(9)22(19)21/h3-8H,1-2H3. The molecule has 8 heteroatoms. The molecule has 0 radical (unpaired) electrons. The average Bonchev–Trinajstić information content (AvgIpc) is 2.83. The van der Waals surface area contributed by atoms with Crippen LogP contribution in [0, 0.1) is 0 Å². The molecule has 2 aliphatic rings. The second kappa shape index (κ2) is 6.20. The summed E-state index contributed by atoms with van der Waals surface area (Å²) in [6.07, 6.45) is 0. The van der Waals surface area contributed by atoms with Gasteiger partial charge in [0, 0.05) is 72.2 Å². The van der Waals surface area contributed by atoms with E-state index in [1.165, 1.54) is 14.1 Å². The van der Waals surface area contributed by atoms with Crippen LogP contribution in [0.3, 0.4) is 0 Å². The summed E-state index contributed by atoms with van der Waals surface area (Å²) in [5.74, 6) is -1.38. The van der Waals surface area contributed by atoms with Crippen LogP contribution < -0.4 is 0 Å². The smallest absolute Gasteiger partial charge is 0.261 e. The molecule has 4 amide bonds. The van der Waals surface area contributed by atoms with Gasteiger partial charge in [0.25, 0.3) is 23.6 Å². The lowest BCUT2D eigenvalue weighted by Gasteiger charge is -2.28. The molecular weight excluding hydrogens is 564 g/mol. The van der Waals surface area contributed by atoms with Crippen molar-refractivity contribution in [1.82, 2.24) is 9.80 Å². The van der Waals surface area contributed by atoms with Crippen molar-refractivity contribution in [2.24, 2.45) is 0 Å². The molecule has 0 unspecified atom stereocenters. The van der Waals surface area contributed by atoms with Crippen LogP contribution in [0.4, 0.5) is 0 Å². The third-order valence-corrected chi connectivity index (χ3v) is 8.40. The van der Waals surface area contributed by atoms with Gasteiger partial charge in [-0.3, -0.25) is 29.0 Å². The van der Waals surface area contributed by atoms with Gasteiger partial charge in [-0.15, -0.1) is 0 Å². The first-order chi connectivity index (χ1) is 16.2. The summed E-state index contributed by atoms with van der Waals surface area (Å²) in [6, 6.07) is 10.8. The van der Waals surface area contributed by atoms with Crippen molar-refractivity contribution in [2.45, 2.75) is 0 Å². The maximum Gasteiger partial charge on any atom is 0.261 e. The van der Waals surface area contributed by atoms with E-state index in [9.17, 15) is 19.2 Å². The first-order valence-corrected chi connectivity index (χ1v) is 12.0. The van der Waals surface area contributed by atoms with E-state index in [-0.39, 0.29) is 23.6 Å². The zero-order valence-electron chi connectivity index (χ0n) is 17.7. The van der Waals surface area contributed by atoms with Crippen molar-refractivity contribution in [3.8, 4) is 0 Å². The lowest BCUT2D eigenvalue weighted by Crippen LogP contribution is -2.37. The Balaban J connectivity index is 1.83. The van der Waals surface area contributed by atoms with E-state index in [1.54, 1.807) is 24.3 Å². The number of carbonyl (C=O) groups is 4. The predicted molar refractivity (Wildman–Crippen MR) is 136 cm³/mol. The van der Waals surface area contributed by atoms with Gasteiger partial charge in [0.2, 0.25) is 0 Å². The van der Waals surface area contributed by atoms with Crippen LogP contribution in [-0.2, 0) is 0 Å². The van der Waals surface area contributed by atoms with E-state index in [0.717, 1.165) is 42.1 Å². The second-order valence-electron chi connectivity index (χ2n) is 8.72. The molecule has 0 aromatic heterocycles. The van der Waals surface area contributed by atoms with Gasteiger partial charge in [-0.2, -0.15) is 0 Å². The average molecular weight is 576 g/mol. The summed E-state index contributed by atoms with van der Waals surface area (Å²) in [5.41, 5.74) is 1.87. The molecule has 0 bridgehead atoms. The molecule has 7 rings (SSSR count). The van der Waals surface area contributed by atoms with Crippen molar-refractivity contribution in [1.29, 1.82) is 0 Å². The predicted octanol–water partition coefficient (Wildman–Crippen LogP) is 5.71. The fourth-order valence-electron chi connectivity index (χ4n) is 5.61. The molecule has 0 atom stereocenters. The van der Waals surface area contributed by atoms with Crippen LogP contribution in [-0.4, -0.2) is 47.5 Å². The Labute approximate surface area is 208 Å². The first kappa shape index (κ1) is 20.1. The van der Waals surface area contributed by atoms with Gasteiger partial charge in [-0.1, -0.05) is 44.0 Å². The molecule has 0 spiro atoms. The van der Waals surface area contributed by atoms with Crippen molar-refractivity contribution in [2.75, 3.05) is 14.1 Å². The van der Waals surface area contributed by atoms with Gasteiger partial charge in [-0.25, -0.2) is 0 Å². The Hall–Kier alpha value is -3.36. The molecule has 34 heavy (non-hydrogen) atoms. The summed E-state index contributed by atoms with van der Waals surface area (Å²) in [7, 11) is 2.97. The number of amides is 4. The Morgan fingerprint density at radius 1 is 0.500 bits per heavy atom. The van der Waals surface area contributed by atoms with Crippen LogP contribution in [0.25, 0.3) is 43.1 Å². The van der Waals surface area contributed by atoms with E-state index < -0.39 is 0 Å². The minimum atomic E-state index is -0.353. The highest BCUT2D eigenvalue weighted by Crippen LogP contribution is 2.50. The van der Waals surface area contributed by atoms with Crippen LogP contribution in [0.2, 0.25) is 0 Å². The number of hydrogen-bond donors (Lipinski definition) is 0. The number of fused-ring (bicyclic) bond motifs is 2. The van der Waals surface area contributed by atoms with Gasteiger partial charge < -0.3 is 0 Å². The van der Waals surface area contributed by atoms with Crippen LogP contribution in [0.5, 0.6) is 0 Å². The zero-order valence-corrected chi connectivity index (χ0v) is 20.9. The number of benzene rings is 5. The zero-order chi connectivity index (χ0) is 23.8. The number of imide groups is 2. The highest BCUT2D eigenvalue weighted by atomic mass is 79.9. The lowest BCUT2D eigenvalue weighted by atomic mass is 9.82. The van der Waals surface area contributed by atoms with Crippen molar-refractivity contribution in [3.05, 3.63) is 67.6 Å². The fourth-order valence-corrected chi connectivity index (χ4v) is 6.89. The SMILES string of the molecule is CN1C(=O)c2ccc3c4c(Br)cc5c6c(cc(Br)c(c7ccc(c2c37)C1=O)c64)C(=O)N(C)C5=O. The number of carbonyl (C=O) groups excluding carboxylic acids is 4. The molecule has 5 aromatic carbocycles. The maximum absolute atomic E-state index is 13.0. The van der Waals surface area contributed by atoms with E-state index >= 15 is 0 Å². The van der Waals surface area contributed by atoms with E-state index in [4.69, 9.17) is 0 Å². The van der Waals surface area contributed by atoms with Gasteiger partial charge in [0.05, 0.1) is 0 Å². The summed E-state index contributed by atoms with van der Waals surface area (Å²) >= 11 is 7.36. The minimum absolute atomic E-state index is 0.338. The molecule has 164 valence electrons. The maximum atomic E-state index is 13.0. The third-order valence-electron chi connectivity index (χ3n) is 7.15. The van der Waals surface area contributed by atoms with E-state index in [0.29, 0.717) is 42.0 Å². The quantitative estimate of drug-likeness (QED) is 0.135. The molecule has 0 fully saturated rings. The summed E-state index contributed by atoms with van der Waals surface area (Å²) in [6.45, 7) is 0. The second-order valence-corrected chi connectivity index (χ2v) is 10.4. The molecule has 6 nitrogen and oxygen atoms in total. The van der Waals surface area contributed by atoms with Gasteiger partial charge >= 0.3 is 0 Å². The molecule has 2 aliphatic heterocycles. The van der Waals surface area contributed by atoms with Gasteiger partial charge in [-0.05, 0) is 40.4 Å². The third kappa shape index (κ3) is 2.08. The highest BCUT2D eigenvalue weighted by molar-refractivity contribution is 9.11. The van der Waals surface area contributed by atoms with Crippen LogP contribution >= 0.6 is 31.9 Å². The van der Waals surface area contributed by atoms with Crippen molar-refractivity contribution in [3.63, 3.8) is 0 Å². The normalized spacial score (nSPS) is 15.8. The molecule has 0 saturated carbocycles. The number of hydrogen-bond acceptors (Lipinski definition) is 4. The molecule has 0 aliphatic carbocycles. The molecule has 0 N–H and O–H groups in total.